The van der Waals surface area contributed by atoms with Gasteiger partial charge in [0.2, 0.25) is 5.91 Å². The fourth-order valence-electron chi connectivity index (χ4n) is 2.15. The highest BCUT2D eigenvalue weighted by Gasteiger charge is 2.24. The van der Waals surface area contributed by atoms with Crippen LogP contribution in [0.3, 0.4) is 0 Å². The second kappa shape index (κ2) is 6.11. The van der Waals surface area contributed by atoms with Gasteiger partial charge in [0.1, 0.15) is 0 Å². The molecule has 2 unspecified atom stereocenters. The van der Waals surface area contributed by atoms with E-state index in [1.165, 1.54) is 12.8 Å². The zero-order valence-corrected chi connectivity index (χ0v) is 10.3. The summed E-state index contributed by atoms with van der Waals surface area (Å²) in [6.07, 6.45) is 2.44. The molecule has 0 aromatic carbocycles. The van der Waals surface area contributed by atoms with E-state index < -0.39 is 0 Å². The van der Waals surface area contributed by atoms with E-state index >= 15 is 0 Å². The van der Waals surface area contributed by atoms with E-state index in [9.17, 15) is 4.79 Å². The summed E-state index contributed by atoms with van der Waals surface area (Å²) in [6.45, 7) is 9.97. The Balaban J connectivity index is 2.37. The van der Waals surface area contributed by atoms with Crippen LogP contribution in [0.25, 0.3) is 0 Å². The minimum absolute atomic E-state index is 0.121. The predicted octanol–water partition coefficient (Wildman–Crippen LogP) is 1.49. The lowest BCUT2D eigenvalue weighted by molar-refractivity contribution is -0.136. The predicted molar refractivity (Wildman–Crippen MR) is 62.7 cm³/mol. The van der Waals surface area contributed by atoms with Gasteiger partial charge in [-0.1, -0.05) is 20.8 Å². The van der Waals surface area contributed by atoms with Gasteiger partial charge in [-0.2, -0.15) is 0 Å². The Hall–Kier alpha value is -0.570. The highest BCUT2D eigenvalue weighted by molar-refractivity contribution is 5.78. The number of nitrogens with zero attached hydrogens (tertiary/aromatic N) is 1. The number of amides is 1. The number of likely N-dealkylation sites (tertiary alicyclic amines) is 1. The van der Waals surface area contributed by atoms with Crippen LogP contribution in [-0.2, 0) is 4.79 Å². The zero-order chi connectivity index (χ0) is 11.3. The molecule has 1 aliphatic heterocycles. The molecule has 0 spiro atoms. The molecule has 0 radical (unpaired) electrons. The van der Waals surface area contributed by atoms with E-state index in [0.717, 1.165) is 26.2 Å². The number of nitrogens with one attached hydrogen (secondary N) is 1. The normalized spacial score (nSPS) is 23.9. The maximum atomic E-state index is 12.0. The summed E-state index contributed by atoms with van der Waals surface area (Å²) < 4.78 is 0. The Morgan fingerprint density at radius 2 is 2.33 bits per heavy atom. The maximum Gasteiger partial charge on any atom is 0.226 e. The Bertz CT molecular complexity index is 206. The lowest BCUT2D eigenvalue weighted by Crippen LogP contribution is -2.44. The van der Waals surface area contributed by atoms with Crippen molar-refractivity contribution in [3.8, 4) is 0 Å². The third-order valence-electron chi connectivity index (χ3n) is 3.09. The van der Waals surface area contributed by atoms with Crippen LogP contribution in [0.1, 0.15) is 33.6 Å². The van der Waals surface area contributed by atoms with Crippen molar-refractivity contribution in [1.82, 2.24) is 10.2 Å². The van der Waals surface area contributed by atoms with Crippen molar-refractivity contribution in [2.75, 3.05) is 26.2 Å². The second-order valence-electron chi connectivity index (χ2n) is 4.74. The van der Waals surface area contributed by atoms with Crippen LogP contribution in [-0.4, -0.2) is 37.0 Å². The van der Waals surface area contributed by atoms with Crippen molar-refractivity contribution in [3.63, 3.8) is 0 Å². The van der Waals surface area contributed by atoms with Crippen LogP contribution in [0, 0.1) is 11.8 Å². The summed E-state index contributed by atoms with van der Waals surface area (Å²) >= 11 is 0. The Morgan fingerprint density at radius 3 is 2.93 bits per heavy atom. The van der Waals surface area contributed by atoms with E-state index in [1.54, 1.807) is 0 Å². The molecule has 1 N–H and O–H groups in total. The number of piperidine rings is 1. The van der Waals surface area contributed by atoms with E-state index in [1.807, 2.05) is 11.8 Å². The standard InChI is InChI=1S/C12H24N2O/c1-4-13-8-11(3)12(15)14-7-5-6-10(2)9-14/h10-11,13H,4-9H2,1-3H3. The minimum Gasteiger partial charge on any atom is -0.342 e. The highest BCUT2D eigenvalue weighted by atomic mass is 16.2. The summed E-state index contributed by atoms with van der Waals surface area (Å²) in [5, 5.41) is 3.23. The Kier molecular flexibility index (Phi) is 5.09. The molecule has 3 nitrogen and oxygen atoms in total. The topological polar surface area (TPSA) is 32.3 Å². The largest absolute Gasteiger partial charge is 0.342 e. The lowest BCUT2D eigenvalue weighted by atomic mass is 9.99. The SMILES string of the molecule is CCNCC(C)C(=O)N1CCCC(C)C1. The average molecular weight is 212 g/mol. The third-order valence-corrected chi connectivity index (χ3v) is 3.09. The van der Waals surface area contributed by atoms with Crippen molar-refractivity contribution < 1.29 is 4.79 Å². The van der Waals surface area contributed by atoms with Gasteiger partial charge in [-0.05, 0) is 25.3 Å². The van der Waals surface area contributed by atoms with Gasteiger partial charge >= 0.3 is 0 Å². The molecule has 3 heteroatoms. The monoisotopic (exact) mass is 212 g/mol. The van der Waals surface area contributed by atoms with Crippen LogP contribution in [0.2, 0.25) is 0 Å². The molecule has 0 aromatic rings. The minimum atomic E-state index is 0.121. The molecule has 2 atom stereocenters. The van der Waals surface area contributed by atoms with Gasteiger partial charge in [0.25, 0.3) is 0 Å². The first-order valence-electron chi connectivity index (χ1n) is 6.14. The van der Waals surface area contributed by atoms with E-state index in [-0.39, 0.29) is 5.92 Å². The van der Waals surface area contributed by atoms with Crippen LogP contribution in [0.4, 0.5) is 0 Å². The van der Waals surface area contributed by atoms with Crippen LogP contribution >= 0.6 is 0 Å². The number of hydrogen-bond acceptors (Lipinski definition) is 2. The lowest BCUT2D eigenvalue weighted by Gasteiger charge is -2.32. The van der Waals surface area contributed by atoms with Gasteiger partial charge in [-0.3, -0.25) is 4.79 Å². The molecule has 1 rings (SSSR count). The van der Waals surface area contributed by atoms with E-state index in [2.05, 4.69) is 19.2 Å². The first-order chi connectivity index (χ1) is 7.15. The molecule has 1 amide bonds. The Labute approximate surface area is 93.2 Å². The smallest absolute Gasteiger partial charge is 0.226 e. The fourth-order valence-corrected chi connectivity index (χ4v) is 2.15. The molecule has 1 saturated heterocycles. The van der Waals surface area contributed by atoms with Crippen molar-refractivity contribution in [3.05, 3.63) is 0 Å². The molecule has 0 aromatic heterocycles. The van der Waals surface area contributed by atoms with Gasteiger partial charge < -0.3 is 10.2 Å². The molecule has 88 valence electrons. The Morgan fingerprint density at radius 1 is 1.60 bits per heavy atom. The van der Waals surface area contributed by atoms with Gasteiger partial charge in [0.05, 0.1) is 0 Å². The average Bonchev–Trinajstić information content (AvgIpc) is 2.24. The molecule has 1 fully saturated rings. The summed E-state index contributed by atoms with van der Waals surface area (Å²) in [4.78, 5) is 14.1. The first kappa shape index (κ1) is 12.5. The quantitative estimate of drug-likeness (QED) is 0.766. The molecule has 0 aliphatic carbocycles. The summed E-state index contributed by atoms with van der Waals surface area (Å²) in [5.74, 6) is 1.12. The number of hydrogen-bond donors (Lipinski definition) is 1. The van der Waals surface area contributed by atoms with Crippen molar-refractivity contribution in [2.24, 2.45) is 11.8 Å². The summed E-state index contributed by atoms with van der Waals surface area (Å²) in [7, 11) is 0. The zero-order valence-electron chi connectivity index (χ0n) is 10.3. The third kappa shape index (κ3) is 3.82. The highest BCUT2D eigenvalue weighted by Crippen LogP contribution is 2.17. The second-order valence-corrected chi connectivity index (χ2v) is 4.74. The van der Waals surface area contributed by atoms with E-state index in [4.69, 9.17) is 0 Å². The van der Waals surface area contributed by atoms with Gasteiger partial charge in [-0.25, -0.2) is 0 Å². The van der Waals surface area contributed by atoms with Crippen LogP contribution < -0.4 is 5.32 Å². The van der Waals surface area contributed by atoms with E-state index in [0.29, 0.717) is 11.8 Å². The van der Waals surface area contributed by atoms with Gasteiger partial charge in [0.15, 0.2) is 0 Å². The molecule has 0 bridgehead atoms. The van der Waals surface area contributed by atoms with Crippen molar-refractivity contribution in [1.29, 1.82) is 0 Å². The van der Waals surface area contributed by atoms with Gasteiger partial charge in [0, 0.05) is 25.6 Å². The van der Waals surface area contributed by atoms with Crippen LogP contribution in [0.5, 0.6) is 0 Å². The molecule has 0 saturated carbocycles. The molecule has 1 aliphatic rings. The number of carbonyl (C=O) groups excluding carboxylic acids is 1. The van der Waals surface area contributed by atoms with Crippen molar-refractivity contribution in [2.45, 2.75) is 33.6 Å². The maximum absolute atomic E-state index is 12.0. The fraction of sp³-hybridized carbons (Fsp3) is 0.917. The van der Waals surface area contributed by atoms with Crippen LogP contribution in [0.15, 0.2) is 0 Å². The molecule has 15 heavy (non-hydrogen) atoms. The number of carbonyl (C=O) groups is 1. The van der Waals surface area contributed by atoms with Gasteiger partial charge in [-0.15, -0.1) is 0 Å². The first-order valence-corrected chi connectivity index (χ1v) is 6.14. The summed E-state index contributed by atoms with van der Waals surface area (Å²) in [6, 6.07) is 0. The molecule has 1 heterocycles. The molecular formula is C12H24N2O. The summed E-state index contributed by atoms with van der Waals surface area (Å²) in [5.41, 5.74) is 0. The number of rotatable bonds is 4. The van der Waals surface area contributed by atoms with Crippen molar-refractivity contribution >= 4 is 5.91 Å². The molecular weight excluding hydrogens is 188 g/mol.